The fraction of sp³-hybridized carbons (Fsp3) is 0.176. The second kappa shape index (κ2) is 7.85. The highest BCUT2D eigenvalue weighted by atomic mass is 16.4. The summed E-state index contributed by atoms with van der Waals surface area (Å²) in [5.41, 5.74) is 2.54. The molecule has 0 unspecified atom stereocenters. The van der Waals surface area contributed by atoms with Crippen LogP contribution in [0.25, 0.3) is 0 Å². The van der Waals surface area contributed by atoms with E-state index >= 15 is 0 Å². The van der Waals surface area contributed by atoms with E-state index in [-0.39, 0.29) is 5.56 Å². The molecule has 4 nitrogen and oxygen atoms in total. The van der Waals surface area contributed by atoms with Crippen LogP contribution in [0.1, 0.15) is 35.3 Å². The van der Waals surface area contributed by atoms with E-state index < -0.39 is 5.97 Å². The van der Waals surface area contributed by atoms with Crippen LogP contribution in [0.5, 0.6) is 0 Å². The molecule has 110 valence electrons. The monoisotopic (exact) mass is 284 g/mol. The Kier molecular flexibility index (Phi) is 6.14. The van der Waals surface area contributed by atoms with Crippen LogP contribution in [0.2, 0.25) is 0 Å². The molecule has 0 heterocycles. The Labute approximate surface area is 125 Å². The summed E-state index contributed by atoms with van der Waals surface area (Å²) in [4.78, 5) is 11.0. The second-order valence-electron chi connectivity index (χ2n) is 4.06. The molecule has 0 aliphatic carbocycles. The fourth-order valence-electron chi connectivity index (χ4n) is 1.86. The minimum Gasteiger partial charge on any atom is -0.478 e. The Morgan fingerprint density at radius 3 is 2.19 bits per heavy atom. The predicted octanol–water partition coefficient (Wildman–Crippen LogP) is 3.87. The third kappa shape index (κ3) is 3.92. The minimum absolute atomic E-state index is 0.176. The van der Waals surface area contributed by atoms with Gasteiger partial charge in [-0.15, -0.1) is 0 Å². The van der Waals surface area contributed by atoms with Gasteiger partial charge in [0.1, 0.15) is 0 Å². The molecule has 0 spiro atoms. The van der Waals surface area contributed by atoms with Crippen molar-refractivity contribution in [1.29, 1.82) is 5.41 Å². The number of carbonyl (C=O) groups is 1. The van der Waals surface area contributed by atoms with E-state index in [0.717, 1.165) is 11.3 Å². The van der Waals surface area contributed by atoms with Crippen molar-refractivity contribution < 1.29 is 9.90 Å². The quantitative estimate of drug-likeness (QED) is 0.746. The van der Waals surface area contributed by atoms with E-state index in [0.29, 0.717) is 11.3 Å². The van der Waals surface area contributed by atoms with Crippen LogP contribution in [0.3, 0.4) is 0 Å². The van der Waals surface area contributed by atoms with Gasteiger partial charge in [-0.1, -0.05) is 44.2 Å². The maximum Gasteiger partial charge on any atom is 0.335 e. The Balaban J connectivity index is 0.00000106. The molecule has 0 fully saturated rings. The first-order chi connectivity index (χ1) is 10.1. The molecule has 0 saturated heterocycles. The summed E-state index contributed by atoms with van der Waals surface area (Å²) in [5, 5.41) is 20.2. The van der Waals surface area contributed by atoms with Gasteiger partial charge in [0.25, 0.3) is 0 Å². The highest BCUT2D eigenvalue weighted by Gasteiger charge is 2.12. The minimum atomic E-state index is -0.996. The van der Waals surface area contributed by atoms with Crippen LogP contribution in [-0.4, -0.2) is 23.8 Å². The van der Waals surface area contributed by atoms with Crippen LogP contribution in [0, 0.1) is 5.41 Å². The molecule has 4 heteroatoms. The van der Waals surface area contributed by atoms with Crippen molar-refractivity contribution in [2.75, 3.05) is 12.4 Å². The number of hydrogen-bond acceptors (Lipinski definition) is 3. The standard InChI is InChI=1S/C15H14N2O2.C2H6/c1-17-13-8-7-11(15(18)19)9-12(13)14(16)10-5-3-2-4-6-10;1-2/h2-9,16-17H,1H3,(H,18,19);1-2H3. The SMILES string of the molecule is CC.CNc1ccc(C(=O)O)cc1C(=N)c1ccccc1. The first-order valence-corrected chi connectivity index (χ1v) is 6.83. The van der Waals surface area contributed by atoms with Crippen molar-refractivity contribution in [3.8, 4) is 0 Å². The molecule has 0 aromatic heterocycles. The molecule has 2 aromatic carbocycles. The number of anilines is 1. The maximum absolute atomic E-state index is 11.0. The maximum atomic E-state index is 11.0. The molecule has 0 amide bonds. The molecule has 0 radical (unpaired) electrons. The van der Waals surface area contributed by atoms with E-state index in [4.69, 9.17) is 10.5 Å². The first kappa shape index (κ1) is 16.4. The van der Waals surface area contributed by atoms with E-state index in [2.05, 4.69) is 5.32 Å². The molecule has 2 aromatic rings. The third-order valence-corrected chi connectivity index (χ3v) is 2.87. The van der Waals surface area contributed by atoms with E-state index in [1.54, 1.807) is 13.1 Å². The second-order valence-corrected chi connectivity index (χ2v) is 4.06. The zero-order chi connectivity index (χ0) is 15.8. The Hall–Kier alpha value is -2.62. The van der Waals surface area contributed by atoms with Gasteiger partial charge in [0.05, 0.1) is 11.3 Å². The molecule has 3 N–H and O–H groups in total. The molecule has 21 heavy (non-hydrogen) atoms. The van der Waals surface area contributed by atoms with Gasteiger partial charge in [0.2, 0.25) is 0 Å². The number of carboxylic acid groups (broad SMARTS) is 1. The predicted molar refractivity (Wildman–Crippen MR) is 86.7 cm³/mol. The molecule has 2 rings (SSSR count). The number of rotatable bonds is 4. The Bertz CT molecular complexity index is 622. The summed E-state index contributed by atoms with van der Waals surface area (Å²) >= 11 is 0. The van der Waals surface area contributed by atoms with Crippen molar-refractivity contribution in [2.45, 2.75) is 13.8 Å². The smallest absolute Gasteiger partial charge is 0.335 e. The molecular weight excluding hydrogens is 264 g/mol. The molecule has 0 aliphatic rings. The molecule has 0 aliphatic heterocycles. The number of aromatic carboxylic acids is 1. The summed E-state index contributed by atoms with van der Waals surface area (Å²) in [7, 11) is 1.75. The van der Waals surface area contributed by atoms with Crippen LogP contribution in [0.4, 0.5) is 5.69 Å². The van der Waals surface area contributed by atoms with Gasteiger partial charge in [-0.25, -0.2) is 4.79 Å². The van der Waals surface area contributed by atoms with E-state index in [1.807, 2.05) is 44.2 Å². The number of benzene rings is 2. The van der Waals surface area contributed by atoms with Crippen molar-refractivity contribution >= 4 is 17.4 Å². The lowest BCUT2D eigenvalue weighted by Crippen LogP contribution is -2.08. The van der Waals surface area contributed by atoms with Gasteiger partial charge < -0.3 is 10.4 Å². The van der Waals surface area contributed by atoms with Crippen molar-refractivity contribution in [3.63, 3.8) is 0 Å². The highest BCUT2D eigenvalue weighted by Crippen LogP contribution is 2.21. The largest absolute Gasteiger partial charge is 0.478 e. The molecule has 0 bridgehead atoms. The van der Waals surface area contributed by atoms with Crippen LogP contribution in [0.15, 0.2) is 48.5 Å². The third-order valence-electron chi connectivity index (χ3n) is 2.87. The average molecular weight is 284 g/mol. The number of hydrogen-bond donors (Lipinski definition) is 3. The van der Waals surface area contributed by atoms with Crippen LogP contribution >= 0.6 is 0 Å². The molecule has 0 atom stereocenters. The van der Waals surface area contributed by atoms with Crippen molar-refractivity contribution in [3.05, 3.63) is 65.2 Å². The zero-order valence-electron chi connectivity index (χ0n) is 12.5. The summed E-state index contributed by atoms with van der Waals surface area (Å²) < 4.78 is 0. The fourth-order valence-corrected chi connectivity index (χ4v) is 1.86. The van der Waals surface area contributed by atoms with Crippen molar-refractivity contribution in [2.24, 2.45) is 0 Å². The summed E-state index contributed by atoms with van der Waals surface area (Å²) in [6, 6.07) is 14.0. The normalized spacial score (nSPS) is 9.29. The zero-order valence-corrected chi connectivity index (χ0v) is 12.5. The molecule has 0 saturated carbocycles. The van der Waals surface area contributed by atoms with Gasteiger partial charge >= 0.3 is 5.97 Å². The van der Waals surface area contributed by atoms with Gasteiger partial charge in [-0.2, -0.15) is 0 Å². The first-order valence-electron chi connectivity index (χ1n) is 6.83. The summed E-state index contributed by atoms with van der Waals surface area (Å²) in [5.74, 6) is -0.996. The Morgan fingerprint density at radius 2 is 1.67 bits per heavy atom. The Morgan fingerprint density at radius 1 is 1.05 bits per heavy atom. The lowest BCUT2D eigenvalue weighted by molar-refractivity contribution is 0.0697. The number of carboxylic acids is 1. The number of nitrogens with one attached hydrogen (secondary N) is 2. The summed E-state index contributed by atoms with van der Waals surface area (Å²) in [6.07, 6.45) is 0. The van der Waals surface area contributed by atoms with Crippen LogP contribution < -0.4 is 5.32 Å². The lowest BCUT2D eigenvalue weighted by atomic mass is 9.98. The van der Waals surface area contributed by atoms with E-state index in [9.17, 15) is 4.79 Å². The topological polar surface area (TPSA) is 73.2 Å². The van der Waals surface area contributed by atoms with Crippen LogP contribution in [-0.2, 0) is 0 Å². The van der Waals surface area contributed by atoms with E-state index in [1.165, 1.54) is 12.1 Å². The van der Waals surface area contributed by atoms with Crippen molar-refractivity contribution in [1.82, 2.24) is 0 Å². The molecular formula is C17H20N2O2. The lowest BCUT2D eigenvalue weighted by Gasteiger charge is -2.11. The van der Waals surface area contributed by atoms with Gasteiger partial charge in [-0.05, 0) is 18.2 Å². The highest BCUT2D eigenvalue weighted by molar-refractivity contribution is 6.14. The summed E-state index contributed by atoms with van der Waals surface area (Å²) in [6.45, 7) is 4.00. The van der Waals surface area contributed by atoms with Gasteiger partial charge in [-0.3, -0.25) is 5.41 Å². The average Bonchev–Trinajstić information content (AvgIpc) is 2.56. The van der Waals surface area contributed by atoms with Gasteiger partial charge in [0.15, 0.2) is 0 Å². The van der Waals surface area contributed by atoms with Gasteiger partial charge in [0, 0.05) is 23.9 Å².